The van der Waals surface area contributed by atoms with Crippen LogP contribution in [0.25, 0.3) is 0 Å². The molecule has 76 valence electrons. The summed E-state index contributed by atoms with van der Waals surface area (Å²) >= 11 is 0. The molecule has 1 rings (SSSR count). The predicted molar refractivity (Wildman–Crippen MR) is 49.0 cm³/mol. The number of hydrogen-bond donors (Lipinski definition) is 1. The summed E-state index contributed by atoms with van der Waals surface area (Å²) in [6, 6.07) is 7.80. The molecule has 5 heteroatoms. The minimum absolute atomic E-state index is 0.167. The van der Waals surface area contributed by atoms with Crippen LogP contribution in [-0.4, -0.2) is 17.0 Å². The molecule has 0 aromatic heterocycles. The molecule has 0 aliphatic rings. The molecule has 1 aromatic carbocycles. The third-order valence-electron chi connectivity index (χ3n) is 1.49. The lowest BCUT2D eigenvalue weighted by Gasteiger charge is -2.01. The monoisotopic (exact) mass is 205 g/mol. The predicted octanol–water partition coefficient (Wildman–Crippen LogP) is 0.938. The molecule has 0 bridgehead atoms. The van der Waals surface area contributed by atoms with Crippen molar-refractivity contribution in [2.24, 2.45) is 0 Å². The fraction of sp³-hybridized carbons (Fsp3) is 0.100. The van der Waals surface area contributed by atoms with Gasteiger partial charge in [-0.05, 0) is 18.2 Å². The zero-order valence-electron chi connectivity index (χ0n) is 7.64. The molecule has 0 aliphatic carbocycles. The minimum Gasteiger partial charge on any atom is -0.481 e. The largest absolute Gasteiger partial charge is 0.481 e. The molecule has 0 heterocycles. The Labute approximate surface area is 85.5 Å². The molecular weight excluding hydrogens is 198 g/mol. The number of ether oxygens (including phenoxy) is 1. The van der Waals surface area contributed by atoms with E-state index in [0.29, 0.717) is 5.56 Å². The van der Waals surface area contributed by atoms with Gasteiger partial charge in [0.1, 0.15) is 12.2 Å². The Bertz CT molecular complexity index is 433. The highest BCUT2D eigenvalue weighted by molar-refractivity contribution is 5.91. The van der Waals surface area contributed by atoms with Crippen molar-refractivity contribution in [1.82, 2.24) is 0 Å². The van der Waals surface area contributed by atoms with Gasteiger partial charge < -0.3 is 9.84 Å². The maximum absolute atomic E-state index is 10.9. The molecule has 15 heavy (non-hydrogen) atoms. The number of hydrogen-bond acceptors (Lipinski definition) is 4. The van der Waals surface area contributed by atoms with E-state index in [-0.39, 0.29) is 5.75 Å². The standard InChI is InChI=1S/C10H7NO4/c11-6-7-2-1-3-8(4-7)15-10(14)5-9(12)13/h1-4H,5H2,(H,12,13). The lowest BCUT2D eigenvalue weighted by molar-refractivity contribution is -0.145. The van der Waals surface area contributed by atoms with Crippen LogP contribution in [0.4, 0.5) is 0 Å². The number of nitriles is 1. The van der Waals surface area contributed by atoms with Crippen molar-refractivity contribution < 1.29 is 19.4 Å². The fourth-order valence-corrected chi connectivity index (χ4v) is 0.920. The molecule has 1 N–H and O–H groups in total. The molecule has 0 saturated heterocycles. The van der Waals surface area contributed by atoms with Gasteiger partial charge in [-0.2, -0.15) is 5.26 Å². The Morgan fingerprint density at radius 2 is 2.20 bits per heavy atom. The van der Waals surface area contributed by atoms with Crippen molar-refractivity contribution in [3.8, 4) is 11.8 Å². The minimum atomic E-state index is -1.25. The summed E-state index contributed by atoms with van der Waals surface area (Å²) in [5.74, 6) is -1.95. The Hall–Kier alpha value is -2.35. The fourth-order valence-electron chi connectivity index (χ4n) is 0.920. The van der Waals surface area contributed by atoms with Gasteiger partial charge in [-0.3, -0.25) is 9.59 Å². The molecule has 0 amide bonds. The molecule has 1 aromatic rings. The van der Waals surface area contributed by atoms with Crippen LogP contribution < -0.4 is 4.74 Å². The molecule has 0 spiro atoms. The highest BCUT2D eigenvalue weighted by Crippen LogP contribution is 2.13. The number of aliphatic carboxylic acids is 1. The highest BCUT2D eigenvalue weighted by atomic mass is 16.5. The highest BCUT2D eigenvalue weighted by Gasteiger charge is 2.09. The number of carboxylic acids is 1. The summed E-state index contributed by atoms with van der Waals surface area (Å²) in [7, 11) is 0. The summed E-state index contributed by atoms with van der Waals surface area (Å²) in [6.07, 6.45) is -0.698. The first-order valence-electron chi connectivity index (χ1n) is 4.04. The number of carboxylic acid groups (broad SMARTS) is 1. The third kappa shape index (κ3) is 3.48. The van der Waals surface area contributed by atoms with Gasteiger partial charge in [0.05, 0.1) is 11.6 Å². The zero-order chi connectivity index (χ0) is 11.3. The topological polar surface area (TPSA) is 87.4 Å². The third-order valence-corrected chi connectivity index (χ3v) is 1.49. The lowest BCUT2D eigenvalue weighted by Crippen LogP contribution is -2.13. The van der Waals surface area contributed by atoms with Crippen LogP contribution in [-0.2, 0) is 9.59 Å². The summed E-state index contributed by atoms with van der Waals surface area (Å²) in [5.41, 5.74) is 0.343. The van der Waals surface area contributed by atoms with Crippen molar-refractivity contribution in [3.63, 3.8) is 0 Å². The molecule has 0 fully saturated rings. The van der Waals surface area contributed by atoms with E-state index in [1.165, 1.54) is 12.1 Å². The van der Waals surface area contributed by atoms with Crippen LogP contribution in [0, 0.1) is 11.3 Å². The van der Waals surface area contributed by atoms with Gasteiger partial charge in [-0.25, -0.2) is 0 Å². The van der Waals surface area contributed by atoms with Gasteiger partial charge in [0.25, 0.3) is 0 Å². The van der Waals surface area contributed by atoms with E-state index in [9.17, 15) is 9.59 Å². The van der Waals surface area contributed by atoms with Gasteiger partial charge >= 0.3 is 11.9 Å². The molecule has 0 atom stereocenters. The van der Waals surface area contributed by atoms with Crippen molar-refractivity contribution in [3.05, 3.63) is 29.8 Å². The van der Waals surface area contributed by atoms with Crippen LogP contribution in [0.15, 0.2) is 24.3 Å². The Kier molecular flexibility index (Phi) is 3.41. The number of carbonyl (C=O) groups is 2. The smallest absolute Gasteiger partial charge is 0.322 e. The van der Waals surface area contributed by atoms with Crippen LogP contribution in [0.5, 0.6) is 5.75 Å². The van der Waals surface area contributed by atoms with Crippen LogP contribution in [0.1, 0.15) is 12.0 Å². The maximum atomic E-state index is 10.9. The number of carbonyl (C=O) groups excluding carboxylic acids is 1. The normalized spacial score (nSPS) is 9.00. The van der Waals surface area contributed by atoms with E-state index in [1.807, 2.05) is 6.07 Å². The van der Waals surface area contributed by atoms with E-state index in [4.69, 9.17) is 15.1 Å². The number of esters is 1. The van der Waals surface area contributed by atoms with Crippen LogP contribution >= 0.6 is 0 Å². The summed E-state index contributed by atoms with van der Waals surface area (Å²) < 4.78 is 4.70. The summed E-state index contributed by atoms with van der Waals surface area (Å²) in [4.78, 5) is 21.1. The first kappa shape index (κ1) is 10.7. The second-order valence-corrected chi connectivity index (χ2v) is 2.68. The van der Waals surface area contributed by atoms with Gasteiger partial charge in [0, 0.05) is 0 Å². The van der Waals surface area contributed by atoms with E-state index in [0.717, 1.165) is 0 Å². The molecule has 0 radical (unpaired) electrons. The first-order chi connectivity index (χ1) is 7.11. The van der Waals surface area contributed by atoms with Crippen LogP contribution in [0.3, 0.4) is 0 Å². The van der Waals surface area contributed by atoms with Gasteiger partial charge in [-0.15, -0.1) is 0 Å². The molecule has 0 aliphatic heterocycles. The van der Waals surface area contributed by atoms with Crippen LogP contribution in [0.2, 0.25) is 0 Å². The molecule has 5 nitrogen and oxygen atoms in total. The summed E-state index contributed by atoms with van der Waals surface area (Å²) in [6.45, 7) is 0. The van der Waals surface area contributed by atoms with E-state index in [2.05, 4.69) is 0 Å². The molecular formula is C10H7NO4. The Morgan fingerprint density at radius 1 is 1.47 bits per heavy atom. The number of rotatable bonds is 3. The average molecular weight is 205 g/mol. The Morgan fingerprint density at radius 3 is 2.80 bits per heavy atom. The first-order valence-corrected chi connectivity index (χ1v) is 4.04. The number of benzene rings is 1. The van der Waals surface area contributed by atoms with Crippen molar-refractivity contribution in [1.29, 1.82) is 5.26 Å². The number of nitrogens with zero attached hydrogens (tertiary/aromatic N) is 1. The Balaban J connectivity index is 2.69. The second-order valence-electron chi connectivity index (χ2n) is 2.68. The zero-order valence-corrected chi connectivity index (χ0v) is 7.64. The van der Waals surface area contributed by atoms with Gasteiger partial charge in [-0.1, -0.05) is 6.07 Å². The van der Waals surface area contributed by atoms with Gasteiger partial charge in [0.2, 0.25) is 0 Å². The van der Waals surface area contributed by atoms with E-state index >= 15 is 0 Å². The van der Waals surface area contributed by atoms with Crippen molar-refractivity contribution in [2.75, 3.05) is 0 Å². The van der Waals surface area contributed by atoms with Crippen molar-refractivity contribution in [2.45, 2.75) is 6.42 Å². The quantitative estimate of drug-likeness (QED) is 0.450. The lowest BCUT2D eigenvalue weighted by atomic mass is 10.2. The van der Waals surface area contributed by atoms with E-state index in [1.54, 1.807) is 12.1 Å². The van der Waals surface area contributed by atoms with Crippen molar-refractivity contribution >= 4 is 11.9 Å². The van der Waals surface area contributed by atoms with Gasteiger partial charge in [0.15, 0.2) is 0 Å². The molecule has 0 saturated carbocycles. The second kappa shape index (κ2) is 4.77. The summed E-state index contributed by atoms with van der Waals surface area (Å²) in [5, 5.41) is 16.9. The SMILES string of the molecule is N#Cc1cccc(OC(=O)CC(=O)O)c1. The van der Waals surface area contributed by atoms with E-state index < -0.39 is 18.4 Å². The molecule has 0 unspecified atom stereocenters. The maximum Gasteiger partial charge on any atom is 0.322 e. The average Bonchev–Trinajstić information content (AvgIpc) is 2.16.